The molecule has 104 valence electrons. The standard InChI is InChI=1S/C13H14ClF2NO2/c14-5-6-17(7-12(15)16)13(18)10-8-19-11-4-2-1-3-9(10)11/h1-4,10,12H,5-8H2. The van der Waals surface area contributed by atoms with Gasteiger partial charge in [-0.25, -0.2) is 8.78 Å². The summed E-state index contributed by atoms with van der Waals surface area (Å²) >= 11 is 5.56. The van der Waals surface area contributed by atoms with Gasteiger partial charge in [0.05, 0.1) is 6.54 Å². The first kappa shape index (κ1) is 14.1. The van der Waals surface area contributed by atoms with E-state index in [0.29, 0.717) is 5.75 Å². The number of nitrogens with zero attached hydrogens (tertiary/aromatic N) is 1. The van der Waals surface area contributed by atoms with Crippen molar-refractivity contribution in [3.05, 3.63) is 29.8 Å². The van der Waals surface area contributed by atoms with Crippen molar-refractivity contribution >= 4 is 17.5 Å². The lowest BCUT2D eigenvalue weighted by Crippen LogP contribution is -2.40. The highest BCUT2D eigenvalue weighted by Crippen LogP contribution is 2.34. The zero-order chi connectivity index (χ0) is 13.8. The Balaban J connectivity index is 2.14. The van der Waals surface area contributed by atoms with E-state index in [1.165, 1.54) is 0 Å². The van der Waals surface area contributed by atoms with Gasteiger partial charge in [0.15, 0.2) is 0 Å². The second-order valence-electron chi connectivity index (χ2n) is 4.27. The molecule has 1 aliphatic heterocycles. The largest absolute Gasteiger partial charge is 0.492 e. The van der Waals surface area contributed by atoms with Gasteiger partial charge in [-0.2, -0.15) is 0 Å². The number of para-hydroxylation sites is 1. The van der Waals surface area contributed by atoms with E-state index in [2.05, 4.69) is 0 Å². The number of carbonyl (C=O) groups excluding carboxylic acids is 1. The maximum Gasteiger partial charge on any atom is 0.255 e. The Labute approximate surface area is 115 Å². The summed E-state index contributed by atoms with van der Waals surface area (Å²) in [7, 11) is 0. The second kappa shape index (κ2) is 6.19. The van der Waals surface area contributed by atoms with E-state index in [1.54, 1.807) is 24.3 Å². The van der Waals surface area contributed by atoms with Gasteiger partial charge < -0.3 is 9.64 Å². The van der Waals surface area contributed by atoms with Crippen LogP contribution in [0.4, 0.5) is 8.78 Å². The highest BCUT2D eigenvalue weighted by molar-refractivity contribution is 6.18. The summed E-state index contributed by atoms with van der Waals surface area (Å²) in [6.45, 7) is -0.284. The van der Waals surface area contributed by atoms with Gasteiger partial charge in [0.1, 0.15) is 18.3 Å². The minimum atomic E-state index is -2.57. The fourth-order valence-corrected chi connectivity index (χ4v) is 2.35. The second-order valence-corrected chi connectivity index (χ2v) is 4.64. The van der Waals surface area contributed by atoms with E-state index >= 15 is 0 Å². The Morgan fingerprint density at radius 3 is 2.89 bits per heavy atom. The molecular weight excluding hydrogens is 276 g/mol. The number of rotatable bonds is 5. The molecule has 0 aromatic heterocycles. The molecule has 0 spiro atoms. The lowest BCUT2D eigenvalue weighted by molar-refractivity contribution is -0.134. The van der Waals surface area contributed by atoms with Crippen molar-refractivity contribution in [1.82, 2.24) is 4.90 Å². The summed E-state index contributed by atoms with van der Waals surface area (Å²) in [5.41, 5.74) is 0.751. The molecular formula is C13H14ClF2NO2. The van der Waals surface area contributed by atoms with Gasteiger partial charge in [-0.15, -0.1) is 11.6 Å². The Hall–Kier alpha value is -1.36. The molecule has 0 fully saturated rings. The van der Waals surface area contributed by atoms with Crippen molar-refractivity contribution in [2.75, 3.05) is 25.6 Å². The highest BCUT2D eigenvalue weighted by Gasteiger charge is 2.33. The van der Waals surface area contributed by atoms with E-state index in [4.69, 9.17) is 16.3 Å². The van der Waals surface area contributed by atoms with Gasteiger partial charge in [-0.1, -0.05) is 18.2 Å². The molecule has 0 aliphatic carbocycles. The van der Waals surface area contributed by atoms with Crippen LogP contribution in [0, 0.1) is 0 Å². The number of benzene rings is 1. The van der Waals surface area contributed by atoms with Crippen molar-refractivity contribution < 1.29 is 18.3 Å². The molecule has 2 rings (SSSR count). The molecule has 1 unspecified atom stereocenters. The topological polar surface area (TPSA) is 29.5 Å². The van der Waals surface area contributed by atoms with Crippen LogP contribution in [0.15, 0.2) is 24.3 Å². The fraction of sp³-hybridized carbons (Fsp3) is 0.462. The summed E-state index contributed by atoms with van der Waals surface area (Å²) in [5, 5.41) is 0. The molecule has 1 amide bonds. The number of hydrogen-bond acceptors (Lipinski definition) is 2. The Morgan fingerprint density at radius 2 is 2.21 bits per heavy atom. The maximum absolute atomic E-state index is 12.5. The summed E-state index contributed by atoms with van der Waals surface area (Å²) in [6, 6.07) is 7.15. The molecule has 1 heterocycles. The van der Waals surface area contributed by atoms with E-state index in [1.807, 2.05) is 0 Å². The Kier molecular flexibility index (Phi) is 4.58. The molecule has 0 radical (unpaired) electrons. The minimum Gasteiger partial charge on any atom is -0.492 e. The first-order chi connectivity index (χ1) is 9.13. The lowest BCUT2D eigenvalue weighted by Gasteiger charge is -2.24. The lowest BCUT2D eigenvalue weighted by atomic mass is 10.00. The summed E-state index contributed by atoms with van der Waals surface area (Å²) in [6.07, 6.45) is -2.57. The van der Waals surface area contributed by atoms with Crippen molar-refractivity contribution in [2.24, 2.45) is 0 Å². The van der Waals surface area contributed by atoms with E-state index in [9.17, 15) is 13.6 Å². The van der Waals surface area contributed by atoms with Crippen LogP contribution in [0.3, 0.4) is 0 Å². The fourth-order valence-electron chi connectivity index (χ4n) is 2.15. The van der Waals surface area contributed by atoms with Crippen molar-refractivity contribution in [3.8, 4) is 5.75 Å². The van der Waals surface area contributed by atoms with Crippen LogP contribution in [0.25, 0.3) is 0 Å². The molecule has 0 saturated heterocycles. The van der Waals surface area contributed by atoms with Crippen LogP contribution >= 0.6 is 11.6 Å². The first-order valence-electron chi connectivity index (χ1n) is 5.98. The van der Waals surface area contributed by atoms with Gasteiger partial charge >= 0.3 is 0 Å². The van der Waals surface area contributed by atoms with E-state index in [0.717, 1.165) is 10.5 Å². The molecule has 6 heteroatoms. The van der Waals surface area contributed by atoms with Crippen LogP contribution in [0.1, 0.15) is 11.5 Å². The number of fused-ring (bicyclic) bond motifs is 1. The van der Waals surface area contributed by atoms with Gasteiger partial charge in [-0.3, -0.25) is 4.79 Å². The Bertz CT molecular complexity index is 456. The van der Waals surface area contributed by atoms with Gasteiger partial charge in [-0.05, 0) is 6.07 Å². The molecule has 1 aromatic carbocycles. The summed E-state index contributed by atoms with van der Waals surface area (Å²) in [5.74, 6) is -0.0963. The predicted octanol–water partition coefficient (Wildman–Crippen LogP) is 2.50. The van der Waals surface area contributed by atoms with Crippen molar-refractivity contribution in [1.29, 1.82) is 0 Å². The van der Waals surface area contributed by atoms with Gasteiger partial charge in [0, 0.05) is 18.0 Å². The van der Waals surface area contributed by atoms with Crippen LogP contribution < -0.4 is 4.74 Å². The van der Waals surface area contributed by atoms with Gasteiger partial charge in [0.2, 0.25) is 5.91 Å². The van der Waals surface area contributed by atoms with Crippen LogP contribution in [-0.4, -0.2) is 42.8 Å². The van der Waals surface area contributed by atoms with E-state index < -0.39 is 18.9 Å². The normalized spacial score (nSPS) is 17.2. The number of ether oxygens (including phenoxy) is 1. The smallest absolute Gasteiger partial charge is 0.255 e. The monoisotopic (exact) mass is 289 g/mol. The van der Waals surface area contributed by atoms with E-state index in [-0.39, 0.29) is 24.9 Å². The average Bonchev–Trinajstić information content (AvgIpc) is 2.80. The maximum atomic E-state index is 12.5. The molecule has 1 aromatic rings. The number of halogens is 3. The van der Waals surface area contributed by atoms with Crippen molar-refractivity contribution in [2.45, 2.75) is 12.3 Å². The molecule has 1 aliphatic rings. The average molecular weight is 290 g/mol. The molecule has 1 atom stereocenters. The zero-order valence-corrected chi connectivity index (χ0v) is 10.9. The van der Waals surface area contributed by atoms with Crippen LogP contribution in [0.5, 0.6) is 5.75 Å². The number of carbonyl (C=O) groups is 1. The minimum absolute atomic E-state index is 0.114. The summed E-state index contributed by atoms with van der Waals surface area (Å²) < 4.78 is 30.4. The Morgan fingerprint density at radius 1 is 1.47 bits per heavy atom. The molecule has 0 saturated carbocycles. The number of alkyl halides is 3. The molecule has 0 N–H and O–H groups in total. The predicted molar refractivity (Wildman–Crippen MR) is 68.0 cm³/mol. The third-order valence-corrected chi connectivity index (χ3v) is 3.19. The highest BCUT2D eigenvalue weighted by atomic mass is 35.5. The molecule has 19 heavy (non-hydrogen) atoms. The number of amides is 1. The quantitative estimate of drug-likeness (QED) is 0.780. The third-order valence-electron chi connectivity index (χ3n) is 3.02. The van der Waals surface area contributed by atoms with Crippen LogP contribution in [-0.2, 0) is 4.79 Å². The number of hydrogen-bond donors (Lipinski definition) is 0. The molecule has 0 bridgehead atoms. The third kappa shape index (κ3) is 3.15. The zero-order valence-electron chi connectivity index (χ0n) is 10.2. The van der Waals surface area contributed by atoms with Crippen LogP contribution in [0.2, 0.25) is 0 Å². The first-order valence-corrected chi connectivity index (χ1v) is 6.51. The molecule has 3 nitrogen and oxygen atoms in total. The van der Waals surface area contributed by atoms with Crippen molar-refractivity contribution in [3.63, 3.8) is 0 Å². The SMILES string of the molecule is O=C(C1COc2ccccc21)N(CCCl)CC(F)F. The summed E-state index contributed by atoms with van der Waals surface area (Å²) in [4.78, 5) is 13.4. The van der Waals surface area contributed by atoms with Gasteiger partial charge in [0.25, 0.3) is 6.43 Å².